The van der Waals surface area contributed by atoms with E-state index in [1.54, 1.807) is 50.2 Å². The summed E-state index contributed by atoms with van der Waals surface area (Å²) in [6, 6.07) is 12.0. The maximum atomic E-state index is 13.4. The van der Waals surface area contributed by atoms with Crippen molar-refractivity contribution in [1.82, 2.24) is 4.98 Å². The molecule has 0 fully saturated rings. The van der Waals surface area contributed by atoms with Gasteiger partial charge in [0, 0.05) is 17.1 Å². The number of aromatic amines is 1. The van der Waals surface area contributed by atoms with Gasteiger partial charge in [-0.3, -0.25) is 4.79 Å². The fraction of sp³-hybridized carbons (Fsp3) is 0.192. The molecule has 8 nitrogen and oxygen atoms in total. The highest BCUT2D eigenvalue weighted by Gasteiger charge is 2.24. The average Bonchev–Trinajstić information content (AvgIpc) is 3.27. The summed E-state index contributed by atoms with van der Waals surface area (Å²) in [4.78, 5) is 14.7. The van der Waals surface area contributed by atoms with Crippen LogP contribution in [-0.4, -0.2) is 42.7 Å². The van der Waals surface area contributed by atoms with Crippen molar-refractivity contribution < 1.29 is 28.2 Å². The summed E-state index contributed by atoms with van der Waals surface area (Å²) in [5, 5.41) is 20.4. The lowest BCUT2D eigenvalue weighted by atomic mass is 9.89. The largest absolute Gasteiger partial charge is 0.507 e. The number of ether oxygens (including phenoxy) is 1. The van der Waals surface area contributed by atoms with Crippen LogP contribution < -0.4 is 10.5 Å². The lowest BCUT2D eigenvalue weighted by Crippen LogP contribution is -2.32. The number of aromatic nitrogens is 1. The first-order chi connectivity index (χ1) is 16.5. The summed E-state index contributed by atoms with van der Waals surface area (Å²) < 4.78 is 32.0. The standard InChI is InChI=1S/C26H26N2O6S/c1-14-10-17(12-21(27)26(30)31)24(15(2)25(14)29)16-4-9-22-20(11-16)23(13-28-22)35(32,33)19-7-5-18(34-3)6-8-19/h4-11,13,21,28-29H,12,27H2,1-3H3,(H,30,31)/t21-/m0/s1. The molecule has 0 aliphatic carbocycles. The lowest BCUT2D eigenvalue weighted by Gasteiger charge is -2.18. The van der Waals surface area contributed by atoms with E-state index in [2.05, 4.69) is 4.98 Å². The molecule has 35 heavy (non-hydrogen) atoms. The van der Waals surface area contributed by atoms with Crippen LogP contribution in [-0.2, 0) is 21.1 Å². The summed E-state index contributed by atoms with van der Waals surface area (Å²) in [5.41, 5.74) is 9.53. The molecule has 182 valence electrons. The van der Waals surface area contributed by atoms with Crippen molar-refractivity contribution in [1.29, 1.82) is 0 Å². The molecule has 1 aromatic heterocycles. The summed E-state index contributed by atoms with van der Waals surface area (Å²) in [6.45, 7) is 3.47. The fourth-order valence-electron chi connectivity index (χ4n) is 4.30. The highest BCUT2D eigenvalue weighted by atomic mass is 32.2. The number of phenols is 1. The van der Waals surface area contributed by atoms with Crippen LogP contribution in [0.15, 0.2) is 64.5 Å². The average molecular weight is 495 g/mol. The Hall–Kier alpha value is -3.82. The molecule has 0 saturated heterocycles. The number of aryl methyl sites for hydroxylation is 1. The molecule has 0 aliphatic heterocycles. The van der Waals surface area contributed by atoms with Gasteiger partial charge in [-0.25, -0.2) is 8.42 Å². The van der Waals surface area contributed by atoms with Gasteiger partial charge in [0.1, 0.15) is 17.5 Å². The van der Waals surface area contributed by atoms with Crippen molar-refractivity contribution in [2.75, 3.05) is 7.11 Å². The number of hydrogen-bond donors (Lipinski definition) is 4. The fourth-order valence-corrected chi connectivity index (χ4v) is 5.72. The Balaban J connectivity index is 1.89. The lowest BCUT2D eigenvalue weighted by molar-refractivity contribution is -0.138. The van der Waals surface area contributed by atoms with Crippen molar-refractivity contribution in [2.45, 2.75) is 36.1 Å². The van der Waals surface area contributed by atoms with E-state index in [9.17, 15) is 23.4 Å². The van der Waals surface area contributed by atoms with E-state index < -0.39 is 21.8 Å². The molecule has 0 unspecified atom stereocenters. The normalized spacial score (nSPS) is 12.6. The van der Waals surface area contributed by atoms with Crippen molar-refractivity contribution in [3.63, 3.8) is 0 Å². The Bertz CT molecular complexity index is 1540. The topological polar surface area (TPSA) is 143 Å². The van der Waals surface area contributed by atoms with Crippen molar-refractivity contribution in [3.8, 4) is 22.6 Å². The Morgan fingerprint density at radius 1 is 1.11 bits per heavy atom. The first-order valence-electron chi connectivity index (χ1n) is 10.9. The van der Waals surface area contributed by atoms with E-state index in [1.807, 2.05) is 0 Å². The number of aromatic hydroxyl groups is 1. The molecule has 5 N–H and O–H groups in total. The molecule has 0 spiro atoms. The number of carboxylic acids is 1. The maximum absolute atomic E-state index is 13.4. The van der Waals surface area contributed by atoms with Gasteiger partial charge in [-0.2, -0.15) is 0 Å². The number of hydrogen-bond acceptors (Lipinski definition) is 6. The molecule has 0 amide bonds. The van der Waals surface area contributed by atoms with Gasteiger partial charge in [-0.15, -0.1) is 0 Å². The highest BCUT2D eigenvalue weighted by Crippen LogP contribution is 2.38. The minimum Gasteiger partial charge on any atom is -0.507 e. The van der Waals surface area contributed by atoms with Crippen LogP contribution >= 0.6 is 0 Å². The predicted molar refractivity (Wildman–Crippen MR) is 133 cm³/mol. The third kappa shape index (κ3) is 4.36. The molecule has 4 aromatic rings. The zero-order chi connectivity index (χ0) is 25.5. The van der Waals surface area contributed by atoms with Crippen molar-refractivity contribution >= 4 is 26.7 Å². The molecule has 3 aromatic carbocycles. The van der Waals surface area contributed by atoms with Crippen LogP contribution in [0.25, 0.3) is 22.0 Å². The van der Waals surface area contributed by atoms with Crippen LogP contribution in [0.3, 0.4) is 0 Å². The van der Waals surface area contributed by atoms with Gasteiger partial charge < -0.3 is 25.7 Å². The van der Waals surface area contributed by atoms with Gasteiger partial charge in [0.15, 0.2) is 0 Å². The number of carboxylic acid groups (broad SMARTS) is 1. The van der Waals surface area contributed by atoms with E-state index in [0.29, 0.717) is 44.5 Å². The van der Waals surface area contributed by atoms with Crippen LogP contribution in [0.2, 0.25) is 0 Å². The smallest absolute Gasteiger partial charge is 0.320 e. The number of methoxy groups -OCH3 is 1. The summed E-state index contributed by atoms with van der Waals surface area (Å²) in [6.07, 6.45) is 1.50. The van der Waals surface area contributed by atoms with Gasteiger partial charge in [-0.1, -0.05) is 12.1 Å². The van der Waals surface area contributed by atoms with Gasteiger partial charge in [0.25, 0.3) is 0 Å². The zero-order valence-corrected chi connectivity index (χ0v) is 20.3. The number of nitrogens with two attached hydrogens (primary N) is 1. The number of carbonyl (C=O) groups is 1. The summed E-state index contributed by atoms with van der Waals surface area (Å²) in [5.74, 6) is -0.493. The maximum Gasteiger partial charge on any atom is 0.320 e. The minimum absolute atomic E-state index is 0.0504. The Morgan fingerprint density at radius 3 is 2.43 bits per heavy atom. The second kappa shape index (κ2) is 9.09. The first kappa shape index (κ1) is 24.3. The Kier molecular flexibility index (Phi) is 6.31. The quantitative estimate of drug-likeness (QED) is 0.305. The Morgan fingerprint density at radius 2 is 1.80 bits per heavy atom. The number of rotatable bonds is 7. The number of H-pyrrole nitrogens is 1. The van der Waals surface area contributed by atoms with E-state index in [0.717, 1.165) is 0 Å². The molecule has 0 radical (unpaired) electrons. The number of sulfone groups is 1. The van der Waals surface area contributed by atoms with Gasteiger partial charge in [0.05, 0.1) is 16.9 Å². The highest BCUT2D eigenvalue weighted by molar-refractivity contribution is 7.91. The SMILES string of the molecule is COc1ccc(S(=O)(=O)c2c[nH]c3ccc(-c4c(C[C@H](N)C(=O)O)cc(C)c(O)c4C)cc23)cc1. The molecule has 4 rings (SSSR count). The molecule has 0 bridgehead atoms. The molecular weight excluding hydrogens is 468 g/mol. The zero-order valence-electron chi connectivity index (χ0n) is 19.5. The van der Waals surface area contributed by atoms with E-state index >= 15 is 0 Å². The van der Waals surface area contributed by atoms with Gasteiger partial charge in [0.2, 0.25) is 9.84 Å². The molecule has 0 saturated carbocycles. The summed E-state index contributed by atoms with van der Waals surface area (Å²) >= 11 is 0. The summed E-state index contributed by atoms with van der Waals surface area (Å²) in [7, 11) is -2.34. The first-order valence-corrected chi connectivity index (χ1v) is 12.3. The second-order valence-corrected chi connectivity index (χ2v) is 10.4. The van der Waals surface area contributed by atoms with E-state index in [-0.39, 0.29) is 22.0 Å². The van der Waals surface area contributed by atoms with Crippen molar-refractivity contribution in [3.05, 3.63) is 71.4 Å². The van der Waals surface area contributed by atoms with Crippen LogP contribution in [0.1, 0.15) is 16.7 Å². The third-order valence-electron chi connectivity index (χ3n) is 6.16. The molecule has 1 atom stereocenters. The Labute approximate surface area is 202 Å². The van der Waals surface area contributed by atoms with E-state index in [4.69, 9.17) is 10.5 Å². The number of benzene rings is 3. The number of aliphatic carboxylic acids is 1. The molecule has 0 aliphatic rings. The predicted octanol–water partition coefficient (Wildman–Crippen LogP) is 3.95. The molecular formula is C26H26N2O6S. The number of fused-ring (bicyclic) bond motifs is 1. The minimum atomic E-state index is -3.85. The van der Waals surface area contributed by atoms with Crippen molar-refractivity contribution in [2.24, 2.45) is 5.73 Å². The van der Waals surface area contributed by atoms with Crippen LogP contribution in [0.4, 0.5) is 0 Å². The second-order valence-electron chi connectivity index (χ2n) is 8.44. The monoisotopic (exact) mass is 494 g/mol. The molecule has 9 heteroatoms. The molecule has 1 heterocycles. The number of nitrogens with one attached hydrogen (secondary N) is 1. The van der Waals surface area contributed by atoms with E-state index in [1.165, 1.54) is 25.4 Å². The van der Waals surface area contributed by atoms with Crippen LogP contribution in [0, 0.1) is 13.8 Å². The number of phenolic OH excluding ortho intramolecular Hbond substituents is 1. The van der Waals surface area contributed by atoms with Crippen LogP contribution in [0.5, 0.6) is 11.5 Å². The van der Waals surface area contributed by atoms with Gasteiger partial charge >= 0.3 is 5.97 Å². The van der Waals surface area contributed by atoms with Gasteiger partial charge in [-0.05, 0) is 84.5 Å². The third-order valence-corrected chi connectivity index (χ3v) is 7.97.